The molecule has 0 aliphatic rings. The highest BCUT2D eigenvalue weighted by molar-refractivity contribution is 5.93. The predicted octanol–water partition coefficient (Wildman–Crippen LogP) is 2.65. The van der Waals surface area contributed by atoms with Gasteiger partial charge in [0.25, 0.3) is 0 Å². The van der Waals surface area contributed by atoms with Crippen molar-refractivity contribution in [3.63, 3.8) is 0 Å². The van der Waals surface area contributed by atoms with Crippen molar-refractivity contribution in [2.45, 2.75) is 19.1 Å². The number of amides is 3. The third-order valence-corrected chi connectivity index (χ3v) is 3.85. The van der Waals surface area contributed by atoms with E-state index in [0.717, 1.165) is 11.1 Å². The minimum Gasteiger partial charge on any atom is -0.380 e. The van der Waals surface area contributed by atoms with E-state index < -0.39 is 12.1 Å². The van der Waals surface area contributed by atoms with E-state index in [-0.39, 0.29) is 5.91 Å². The third kappa shape index (κ3) is 5.89. The van der Waals surface area contributed by atoms with Crippen LogP contribution in [0.2, 0.25) is 0 Å². The number of benzene rings is 2. The Kier molecular flexibility index (Phi) is 7.17. The first-order valence-electron chi connectivity index (χ1n) is 8.40. The molecule has 0 bridgehead atoms. The molecule has 1 atom stereocenters. The van der Waals surface area contributed by atoms with Crippen LogP contribution in [0.1, 0.15) is 11.1 Å². The highest BCUT2D eigenvalue weighted by atomic mass is 16.5. The van der Waals surface area contributed by atoms with Crippen LogP contribution in [-0.2, 0) is 22.6 Å². The second-order valence-electron chi connectivity index (χ2n) is 6.20. The Morgan fingerprint density at radius 3 is 2.23 bits per heavy atom. The van der Waals surface area contributed by atoms with Crippen molar-refractivity contribution in [2.75, 3.05) is 26.5 Å². The van der Waals surface area contributed by atoms with E-state index in [9.17, 15) is 9.59 Å². The maximum atomic E-state index is 12.4. The maximum absolute atomic E-state index is 12.4. The van der Waals surface area contributed by atoms with Crippen molar-refractivity contribution in [1.82, 2.24) is 10.2 Å². The lowest BCUT2D eigenvalue weighted by Crippen LogP contribution is -2.48. The second kappa shape index (κ2) is 9.58. The molecule has 2 aromatic carbocycles. The normalized spacial score (nSPS) is 11.5. The van der Waals surface area contributed by atoms with Gasteiger partial charge < -0.3 is 20.3 Å². The van der Waals surface area contributed by atoms with Crippen LogP contribution in [0.15, 0.2) is 54.6 Å². The summed E-state index contributed by atoms with van der Waals surface area (Å²) in [5, 5.41) is 5.53. The van der Waals surface area contributed by atoms with Gasteiger partial charge >= 0.3 is 6.03 Å². The van der Waals surface area contributed by atoms with Gasteiger partial charge in [0.2, 0.25) is 5.91 Å². The first-order valence-corrected chi connectivity index (χ1v) is 8.40. The number of rotatable bonds is 7. The average Bonchev–Trinajstić information content (AvgIpc) is 2.63. The lowest BCUT2D eigenvalue weighted by atomic mass is 10.1. The zero-order valence-corrected chi connectivity index (χ0v) is 15.4. The zero-order valence-electron chi connectivity index (χ0n) is 15.4. The smallest absolute Gasteiger partial charge is 0.319 e. The molecule has 0 saturated heterocycles. The first kappa shape index (κ1) is 19.5. The number of ether oxygens (including phenoxy) is 1. The van der Waals surface area contributed by atoms with E-state index in [1.165, 1.54) is 4.90 Å². The molecule has 26 heavy (non-hydrogen) atoms. The van der Waals surface area contributed by atoms with Crippen molar-refractivity contribution in [3.8, 4) is 0 Å². The number of nitrogens with one attached hydrogen (secondary N) is 2. The molecule has 0 aliphatic heterocycles. The quantitative estimate of drug-likeness (QED) is 0.802. The van der Waals surface area contributed by atoms with Crippen LogP contribution in [0.4, 0.5) is 10.5 Å². The number of carbonyl (C=O) groups excluding carboxylic acids is 2. The van der Waals surface area contributed by atoms with Crippen molar-refractivity contribution < 1.29 is 14.3 Å². The van der Waals surface area contributed by atoms with Crippen LogP contribution in [-0.4, -0.2) is 44.1 Å². The fourth-order valence-corrected chi connectivity index (χ4v) is 2.54. The topological polar surface area (TPSA) is 70.7 Å². The highest BCUT2D eigenvalue weighted by Crippen LogP contribution is 2.11. The molecule has 6 heteroatoms. The number of urea groups is 1. The Balaban J connectivity index is 2.01. The van der Waals surface area contributed by atoms with Gasteiger partial charge in [-0.15, -0.1) is 0 Å². The minimum atomic E-state index is -0.639. The number of anilines is 1. The summed E-state index contributed by atoms with van der Waals surface area (Å²) in [6, 6.07) is 15.9. The summed E-state index contributed by atoms with van der Waals surface area (Å²) in [5.74, 6) is -0.153. The molecule has 2 N–H and O–H groups in total. The Morgan fingerprint density at radius 1 is 1.00 bits per heavy atom. The van der Waals surface area contributed by atoms with Crippen molar-refractivity contribution in [1.29, 1.82) is 0 Å². The molecule has 2 aromatic rings. The van der Waals surface area contributed by atoms with Gasteiger partial charge in [-0.05, 0) is 23.3 Å². The van der Waals surface area contributed by atoms with Gasteiger partial charge in [-0.3, -0.25) is 4.79 Å². The van der Waals surface area contributed by atoms with E-state index in [0.29, 0.717) is 18.7 Å². The van der Waals surface area contributed by atoms with E-state index in [1.54, 1.807) is 33.3 Å². The zero-order chi connectivity index (χ0) is 18.9. The summed E-state index contributed by atoms with van der Waals surface area (Å²) in [6.07, 6.45) is 0.429. The molecule has 0 spiro atoms. The fraction of sp³-hybridized carbons (Fsp3) is 0.300. The summed E-state index contributed by atoms with van der Waals surface area (Å²) >= 11 is 0. The fourth-order valence-electron chi connectivity index (χ4n) is 2.54. The van der Waals surface area contributed by atoms with E-state index in [1.807, 2.05) is 42.5 Å². The lowest BCUT2D eigenvalue weighted by Gasteiger charge is -2.22. The largest absolute Gasteiger partial charge is 0.380 e. The molecule has 0 radical (unpaired) electrons. The SMILES string of the molecule is COCc1ccc(NC(=O)N[C@@H](Cc2ccccc2)C(=O)N(C)C)cc1. The molecule has 0 aliphatic carbocycles. The molecule has 0 heterocycles. The molecule has 0 saturated carbocycles. The summed E-state index contributed by atoms with van der Waals surface area (Å²) in [6.45, 7) is 0.517. The van der Waals surface area contributed by atoms with Crippen LogP contribution >= 0.6 is 0 Å². The van der Waals surface area contributed by atoms with Gasteiger partial charge in [0, 0.05) is 33.3 Å². The number of hydrogen-bond acceptors (Lipinski definition) is 3. The number of nitrogens with zero attached hydrogens (tertiary/aromatic N) is 1. The number of methoxy groups -OCH3 is 1. The van der Waals surface area contributed by atoms with Crippen LogP contribution in [0, 0.1) is 0 Å². The van der Waals surface area contributed by atoms with Gasteiger partial charge in [0.15, 0.2) is 0 Å². The van der Waals surface area contributed by atoms with Crippen LogP contribution in [0.3, 0.4) is 0 Å². The van der Waals surface area contributed by atoms with Crippen molar-refractivity contribution in [3.05, 3.63) is 65.7 Å². The average molecular weight is 355 g/mol. The van der Waals surface area contributed by atoms with Gasteiger partial charge in [0.05, 0.1) is 6.61 Å². The molecule has 0 fully saturated rings. The van der Waals surface area contributed by atoms with Crippen molar-refractivity contribution in [2.24, 2.45) is 0 Å². The van der Waals surface area contributed by atoms with Crippen molar-refractivity contribution >= 4 is 17.6 Å². The Morgan fingerprint density at radius 2 is 1.65 bits per heavy atom. The van der Waals surface area contributed by atoms with Gasteiger partial charge in [-0.1, -0.05) is 42.5 Å². The molecule has 3 amide bonds. The monoisotopic (exact) mass is 355 g/mol. The standard InChI is InChI=1S/C20H25N3O3/c1-23(2)19(24)18(13-15-7-5-4-6-8-15)22-20(25)21-17-11-9-16(10-12-17)14-26-3/h4-12,18H,13-14H2,1-3H3,(H2,21,22,25)/t18-/m0/s1. The summed E-state index contributed by atoms with van der Waals surface area (Å²) < 4.78 is 5.06. The van der Waals surface area contributed by atoms with E-state index in [4.69, 9.17) is 4.74 Å². The first-order chi connectivity index (χ1) is 12.5. The second-order valence-corrected chi connectivity index (χ2v) is 6.20. The molecule has 138 valence electrons. The Bertz CT molecular complexity index is 715. The summed E-state index contributed by atoms with van der Waals surface area (Å²) in [7, 11) is 4.98. The van der Waals surface area contributed by atoms with Gasteiger partial charge in [0.1, 0.15) is 6.04 Å². The Hall–Kier alpha value is -2.86. The molecular weight excluding hydrogens is 330 g/mol. The molecule has 6 nitrogen and oxygen atoms in total. The lowest BCUT2D eigenvalue weighted by molar-refractivity contribution is -0.130. The molecule has 0 aromatic heterocycles. The van der Waals surface area contributed by atoms with E-state index >= 15 is 0 Å². The molecule has 2 rings (SSSR count). The number of hydrogen-bond donors (Lipinski definition) is 2. The summed E-state index contributed by atoms with van der Waals surface area (Å²) in [4.78, 5) is 26.2. The minimum absolute atomic E-state index is 0.153. The Labute approximate surface area is 154 Å². The molecular formula is C20H25N3O3. The van der Waals surface area contributed by atoms with Crippen LogP contribution in [0.25, 0.3) is 0 Å². The predicted molar refractivity (Wildman–Crippen MR) is 102 cm³/mol. The maximum Gasteiger partial charge on any atom is 0.319 e. The number of carbonyl (C=O) groups is 2. The third-order valence-electron chi connectivity index (χ3n) is 3.85. The van der Waals surface area contributed by atoms with Gasteiger partial charge in [-0.25, -0.2) is 4.79 Å². The highest BCUT2D eigenvalue weighted by Gasteiger charge is 2.22. The van der Waals surface area contributed by atoms with E-state index in [2.05, 4.69) is 10.6 Å². The van der Waals surface area contributed by atoms with Crippen LogP contribution < -0.4 is 10.6 Å². The van der Waals surface area contributed by atoms with Gasteiger partial charge in [-0.2, -0.15) is 0 Å². The molecule has 0 unspecified atom stereocenters. The summed E-state index contributed by atoms with van der Waals surface area (Å²) in [5.41, 5.74) is 2.65. The number of likely N-dealkylation sites (N-methyl/N-ethyl adjacent to an activating group) is 1. The van der Waals surface area contributed by atoms with Crippen LogP contribution in [0.5, 0.6) is 0 Å².